The Kier molecular flexibility index (Phi) is 8.66. The maximum atomic E-state index is 12.6. The molecule has 1 saturated heterocycles. The number of ether oxygens (including phenoxy) is 1. The topological polar surface area (TPSA) is 140 Å². The third-order valence-electron chi connectivity index (χ3n) is 6.46. The Bertz CT molecular complexity index is 590. The number of oxime groups is 1. The molecule has 1 aliphatic rings. The summed E-state index contributed by atoms with van der Waals surface area (Å²) in [6, 6.07) is 0. The summed E-state index contributed by atoms with van der Waals surface area (Å²) >= 11 is 0. The smallest absolute Gasteiger partial charge is 0.309 e. The van der Waals surface area contributed by atoms with Gasteiger partial charge in [0.2, 0.25) is 0 Å². The highest BCUT2D eigenvalue weighted by Crippen LogP contribution is 2.34. The highest BCUT2D eigenvalue weighted by atomic mass is 16.6. The van der Waals surface area contributed by atoms with Crippen molar-refractivity contribution in [1.29, 1.82) is 0 Å². The number of carbonyl (C=O) groups is 1. The number of esters is 1. The molecule has 170 valence electrons. The van der Waals surface area contributed by atoms with Gasteiger partial charge in [-0.2, -0.15) is 0 Å². The van der Waals surface area contributed by atoms with Gasteiger partial charge in [0, 0.05) is 11.8 Å². The summed E-state index contributed by atoms with van der Waals surface area (Å²) < 4.78 is 5.53. The summed E-state index contributed by atoms with van der Waals surface area (Å²) in [5.74, 6) is -2.79. The van der Waals surface area contributed by atoms with E-state index in [0.717, 1.165) is 0 Å². The second-order valence-electron chi connectivity index (χ2n) is 9.34. The lowest BCUT2D eigenvalue weighted by Crippen LogP contribution is -2.56. The van der Waals surface area contributed by atoms with E-state index in [-0.39, 0.29) is 25.0 Å². The fraction of sp³-hybridized carbons (Fsp3) is 0.905. The average molecular weight is 418 g/mol. The second kappa shape index (κ2) is 9.73. The van der Waals surface area contributed by atoms with E-state index in [1.165, 1.54) is 13.8 Å². The molecule has 1 rings (SSSR count). The molecule has 0 radical (unpaired) electrons. The summed E-state index contributed by atoms with van der Waals surface area (Å²) in [6.45, 7) is 11.4. The number of aliphatic hydroxyl groups is 4. The molecule has 1 fully saturated rings. The lowest BCUT2D eigenvalue weighted by atomic mass is 9.74. The van der Waals surface area contributed by atoms with Crippen LogP contribution < -0.4 is 0 Å². The van der Waals surface area contributed by atoms with E-state index in [9.17, 15) is 30.4 Å². The molecule has 0 spiro atoms. The van der Waals surface area contributed by atoms with Crippen molar-refractivity contribution in [3.63, 3.8) is 0 Å². The van der Waals surface area contributed by atoms with Gasteiger partial charge in [0.1, 0.15) is 11.7 Å². The van der Waals surface area contributed by atoms with E-state index in [1.54, 1.807) is 34.6 Å². The van der Waals surface area contributed by atoms with Crippen LogP contribution in [0.15, 0.2) is 5.16 Å². The molecule has 1 aliphatic heterocycles. The molecule has 5 N–H and O–H groups in total. The van der Waals surface area contributed by atoms with E-state index >= 15 is 0 Å². The lowest BCUT2D eigenvalue weighted by molar-refractivity contribution is -0.187. The minimum Gasteiger partial charge on any atom is -0.459 e. The van der Waals surface area contributed by atoms with Crippen molar-refractivity contribution in [3.05, 3.63) is 0 Å². The summed E-state index contributed by atoms with van der Waals surface area (Å²) in [4.78, 5) is 12.6. The first-order chi connectivity index (χ1) is 13.2. The zero-order valence-electron chi connectivity index (χ0n) is 18.7. The van der Waals surface area contributed by atoms with Crippen molar-refractivity contribution in [2.75, 3.05) is 0 Å². The van der Waals surface area contributed by atoms with Gasteiger partial charge in [0.15, 0.2) is 0 Å². The zero-order valence-corrected chi connectivity index (χ0v) is 18.7. The Morgan fingerprint density at radius 2 is 1.62 bits per heavy atom. The van der Waals surface area contributed by atoms with Crippen LogP contribution in [0.25, 0.3) is 0 Å². The van der Waals surface area contributed by atoms with Gasteiger partial charge in [-0.05, 0) is 39.0 Å². The van der Waals surface area contributed by atoms with Crippen molar-refractivity contribution in [3.8, 4) is 0 Å². The van der Waals surface area contributed by atoms with Crippen molar-refractivity contribution in [2.24, 2.45) is 28.8 Å². The summed E-state index contributed by atoms with van der Waals surface area (Å²) in [6.07, 6.45) is -2.83. The molecule has 1 heterocycles. The molecule has 8 nitrogen and oxygen atoms in total. The highest BCUT2D eigenvalue weighted by Gasteiger charge is 2.47. The zero-order chi connectivity index (χ0) is 22.7. The molecule has 29 heavy (non-hydrogen) atoms. The van der Waals surface area contributed by atoms with Gasteiger partial charge in [-0.15, -0.1) is 0 Å². The Morgan fingerprint density at radius 1 is 1.07 bits per heavy atom. The Morgan fingerprint density at radius 3 is 2.10 bits per heavy atom. The minimum atomic E-state index is -1.78. The maximum absolute atomic E-state index is 12.6. The predicted molar refractivity (Wildman–Crippen MR) is 109 cm³/mol. The number of rotatable bonds is 1. The number of carbonyl (C=O) groups excluding carboxylic acids is 1. The number of hydrogen-bond donors (Lipinski definition) is 5. The standard InChI is InChI=1S/C21H39NO7/c1-8-15-21(7,27)18(24)14(5)16(22-28)13(4)10-20(6,26)17(23)11(2)9-12(3)19(25)29-15/h11-15,17-18,23-24,26-28H,8-10H2,1-7H3/b22-16+/t11-,12?,13+,14-,15+,17+,18+,20?,21?/m0/s1. The van der Waals surface area contributed by atoms with Gasteiger partial charge in [0.25, 0.3) is 0 Å². The molecule has 9 atom stereocenters. The molecule has 0 amide bonds. The van der Waals surface area contributed by atoms with E-state index in [4.69, 9.17) is 4.74 Å². The van der Waals surface area contributed by atoms with Crippen LogP contribution in [0.1, 0.15) is 67.7 Å². The molecule has 0 bridgehead atoms. The molecule has 0 aromatic carbocycles. The fourth-order valence-corrected chi connectivity index (χ4v) is 4.61. The van der Waals surface area contributed by atoms with Crippen LogP contribution >= 0.6 is 0 Å². The number of aliphatic hydroxyl groups excluding tert-OH is 2. The minimum absolute atomic E-state index is 0.0765. The third-order valence-corrected chi connectivity index (χ3v) is 6.46. The maximum Gasteiger partial charge on any atom is 0.309 e. The van der Waals surface area contributed by atoms with Crippen LogP contribution in [0.3, 0.4) is 0 Å². The normalized spacial score (nSPS) is 47.5. The third kappa shape index (κ3) is 5.69. The van der Waals surface area contributed by atoms with Crippen molar-refractivity contribution in [2.45, 2.75) is 97.2 Å². The van der Waals surface area contributed by atoms with Gasteiger partial charge in [-0.3, -0.25) is 4.79 Å². The lowest BCUT2D eigenvalue weighted by Gasteiger charge is -2.41. The predicted octanol–water partition coefficient (Wildman–Crippen LogP) is 1.70. The van der Waals surface area contributed by atoms with Crippen LogP contribution in [-0.4, -0.2) is 66.8 Å². The highest BCUT2D eigenvalue weighted by molar-refractivity contribution is 5.88. The average Bonchev–Trinajstić information content (AvgIpc) is 2.63. The largest absolute Gasteiger partial charge is 0.459 e. The van der Waals surface area contributed by atoms with E-state index < -0.39 is 59.2 Å². The second-order valence-corrected chi connectivity index (χ2v) is 9.34. The quantitative estimate of drug-likeness (QED) is 0.248. The summed E-state index contributed by atoms with van der Waals surface area (Å²) in [5, 5.41) is 56.4. The molecular formula is C21H39NO7. The fourth-order valence-electron chi connectivity index (χ4n) is 4.61. The summed E-state index contributed by atoms with van der Waals surface area (Å²) in [5.41, 5.74) is -3.11. The molecule has 0 aromatic heterocycles. The van der Waals surface area contributed by atoms with Crippen molar-refractivity contribution < 1.29 is 35.2 Å². The van der Waals surface area contributed by atoms with Gasteiger partial charge < -0.3 is 30.4 Å². The molecule has 0 aromatic rings. The van der Waals surface area contributed by atoms with E-state index in [0.29, 0.717) is 0 Å². The number of hydrogen-bond acceptors (Lipinski definition) is 8. The summed E-state index contributed by atoms with van der Waals surface area (Å²) in [7, 11) is 0. The van der Waals surface area contributed by atoms with Crippen LogP contribution in [0, 0.1) is 23.7 Å². The molecule has 8 heteroatoms. The Labute approximate surface area is 173 Å². The van der Waals surface area contributed by atoms with E-state index in [1.807, 2.05) is 0 Å². The van der Waals surface area contributed by atoms with Gasteiger partial charge in [0.05, 0.1) is 29.4 Å². The number of nitrogens with zero attached hydrogens (tertiary/aromatic N) is 1. The van der Waals surface area contributed by atoms with Gasteiger partial charge in [-0.1, -0.05) is 39.8 Å². The van der Waals surface area contributed by atoms with Crippen molar-refractivity contribution in [1.82, 2.24) is 0 Å². The van der Waals surface area contributed by atoms with Gasteiger partial charge >= 0.3 is 5.97 Å². The van der Waals surface area contributed by atoms with Gasteiger partial charge in [-0.25, -0.2) is 0 Å². The Hall–Kier alpha value is -1.22. The molecule has 0 aliphatic carbocycles. The molecule has 3 unspecified atom stereocenters. The number of cyclic esters (lactones) is 1. The first kappa shape index (κ1) is 25.8. The van der Waals surface area contributed by atoms with Crippen LogP contribution in [-0.2, 0) is 9.53 Å². The van der Waals surface area contributed by atoms with Crippen LogP contribution in [0.5, 0.6) is 0 Å². The first-order valence-corrected chi connectivity index (χ1v) is 10.4. The molecular weight excluding hydrogens is 378 g/mol. The SMILES string of the molecule is CC[C@H]1OC(=O)C(C)C[C@H](C)[C@@H](O)C(C)(O)C[C@@H](C)/C(=N\O)[C@H](C)[C@@H](O)C1(C)O. The van der Waals surface area contributed by atoms with Crippen LogP contribution in [0.2, 0.25) is 0 Å². The van der Waals surface area contributed by atoms with E-state index in [2.05, 4.69) is 5.16 Å². The van der Waals surface area contributed by atoms with Crippen molar-refractivity contribution >= 4 is 11.7 Å². The monoisotopic (exact) mass is 417 g/mol. The van der Waals surface area contributed by atoms with Crippen LogP contribution in [0.4, 0.5) is 0 Å². The Balaban J connectivity index is 3.42. The first-order valence-electron chi connectivity index (χ1n) is 10.4. The molecule has 0 saturated carbocycles.